The second-order valence-electron chi connectivity index (χ2n) is 7.32. The molecule has 0 aromatic heterocycles. The van der Waals surface area contributed by atoms with Crippen molar-refractivity contribution in [2.45, 2.75) is 32.4 Å². The van der Waals surface area contributed by atoms with Crippen LogP contribution in [-0.4, -0.2) is 34.3 Å². The van der Waals surface area contributed by atoms with Gasteiger partial charge in [-0.25, -0.2) is 9.18 Å². The van der Waals surface area contributed by atoms with E-state index >= 15 is 0 Å². The van der Waals surface area contributed by atoms with Crippen molar-refractivity contribution >= 4 is 17.8 Å². The Morgan fingerprint density at radius 2 is 1.86 bits per heavy atom. The summed E-state index contributed by atoms with van der Waals surface area (Å²) in [4.78, 5) is 38.5. The van der Waals surface area contributed by atoms with E-state index in [0.29, 0.717) is 5.56 Å². The summed E-state index contributed by atoms with van der Waals surface area (Å²) in [6, 6.07) is 11.9. The summed E-state index contributed by atoms with van der Waals surface area (Å²) >= 11 is 0. The van der Waals surface area contributed by atoms with E-state index in [-0.39, 0.29) is 30.5 Å². The number of aryl methyl sites for hydroxylation is 1. The Hall–Kier alpha value is -3.22. The summed E-state index contributed by atoms with van der Waals surface area (Å²) in [5, 5.41) is 12.0. The van der Waals surface area contributed by atoms with E-state index in [0.717, 1.165) is 5.56 Å². The first-order valence-corrected chi connectivity index (χ1v) is 9.41. The molecule has 2 aromatic carbocycles. The van der Waals surface area contributed by atoms with Gasteiger partial charge in [-0.15, -0.1) is 0 Å². The van der Waals surface area contributed by atoms with Gasteiger partial charge in [0, 0.05) is 13.0 Å². The summed E-state index contributed by atoms with van der Waals surface area (Å²) in [6.45, 7) is 3.64. The number of rotatable bonds is 6. The lowest BCUT2D eigenvalue weighted by molar-refractivity contribution is -0.142. The minimum atomic E-state index is -1.31. The first kappa shape index (κ1) is 20.5. The summed E-state index contributed by atoms with van der Waals surface area (Å²) in [7, 11) is 0. The quantitative estimate of drug-likeness (QED) is 0.783. The molecule has 3 rings (SSSR count). The molecule has 1 aliphatic heterocycles. The molecule has 0 saturated carbocycles. The number of nitrogens with zero attached hydrogens (tertiary/aromatic N) is 1. The second-order valence-corrected chi connectivity index (χ2v) is 7.32. The highest BCUT2D eigenvalue weighted by molar-refractivity contribution is 5.91. The molecule has 0 bridgehead atoms. The monoisotopic (exact) mass is 398 g/mol. The zero-order chi connectivity index (χ0) is 21.1. The van der Waals surface area contributed by atoms with E-state index < -0.39 is 29.7 Å². The largest absolute Gasteiger partial charge is 0.479 e. The third-order valence-corrected chi connectivity index (χ3v) is 5.33. The summed E-state index contributed by atoms with van der Waals surface area (Å²) in [5.41, 5.74) is 1.54. The lowest BCUT2D eigenvalue weighted by atomic mass is 10.0. The number of hydrogen-bond donors (Lipinski definition) is 2. The van der Waals surface area contributed by atoms with Crippen molar-refractivity contribution in [2.75, 3.05) is 6.54 Å². The van der Waals surface area contributed by atoms with Crippen LogP contribution < -0.4 is 5.32 Å². The average molecular weight is 398 g/mol. The second kappa shape index (κ2) is 8.43. The first-order valence-electron chi connectivity index (χ1n) is 9.41. The molecule has 1 saturated heterocycles. The van der Waals surface area contributed by atoms with Crippen LogP contribution >= 0.6 is 0 Å². The molecule has 7 heteroatoms. The number of halogens is 1. The highest BCUT2D eigenvalue weighted by atomic mass is 19.1. The number of aliphatic carboxylic acids is 1. The minimum absolute atomic E-state index is 0.0256. The lowest BCUT2D eigenvalue weighted by Gasteiger charge is -2.25. The van der Waals surface area contributed by atoms with Gasteiger partial charge in [0.1, 0.15) is 5.82 Å². The standard InChI is InChI=1S/C22H23FN2O4/c1-13-10-16(8-9-18(13)23)20(22(28)29)24-21(27)17-11-19(26)25(12-17)14(2)15-6-4-3-5-7-15/h3-10,14,17,20H,11-12H2,1-2H3,(H,24,27)(H,28,29). The number of amides is 2. The van der Waals surface area contributed by atoms with Gasteiger partial charge >= 0.3 is 5.97 Å². The van der Waals surface area contributed by atoms with Crippen LogP contribution in [0.15, 0.2) is 48.5 Å². The van der Waals surface area contributed by atoms with Gasteiger partial charge in [-0.2, -0.15) is 0 Å². The maximum Gasteiger partial charge on any atom is 0.330 e. The average Bonchev–Trinajstić information content (AvgIpc) is 3.10. The van der Waals surface area contributed by atoms with Gasteiger partial charge in [0.15, 0.2) is 6.04 Å². The normalized spacial score (nSPS) is 18.4. The number of carbonyl (C=O) groups excluding carboxylic acids is 2. The Bertz CT molecular complexity index is 932. The SMILES string of the molecule is Cc1cc(C(NC(=O)C2CC(=O)N(C(C)c3ccccc3)C2)C(=O)O)ccc1F. The molecule has 1 aliphatic rings. The van der Waals surface area contributed by atoms with Crippen LogP contribution in [0, 0.1) is 18.7 Å². The fourth-order valence-corrected chi connectivity index (χ4v) is 3.59. The molecule has 0 aliphatic carbocycles. The molecule has 2 N–H and O–H groups in total. The van der Waals surface area contributed by atoms with Crippen molar-refractivity contribution in [3.05, 3.63) is 71.0 Å². The number of likely N-dealkylation sites (tertiary alicyclic amines) is 1. The molecule has 1 heterocycles. The topological polar surface area (TPSA) is 86.7 Å². The summed E-state index contributed by atoms with van der Waals surface area (Å²) < 4.78 is 13.5. The van der Waals surface area contributed by atoms with Crippen molar-refractivity contribution in [3.8, 4) is 0 Å². The lowest BCUT2D eigenvalue weighted by Crippen LogP contribution is -2.39. The van der Waals surface area contributed by atoms with Crippen LogP contribution in [-0.2, 0) is 14.4 Å². The van der Waals surface area contributed by atoms with Crippen LogP contribution in [0.1, 0.15) is 42.1 Å². The van der Waals surface area contributed by atoms with Crippen molar-refractivity contribution in [1.29, 1.82) is 0 Å². The molecule has 6 nitrogen and oxygen atoms in total. The fourth-order valence-electron chi connectivity index (χ4n) is 3.59. The molecule has 2 aromatic rings. The molecule has 0 radical (unpaired) electrons. The van der Waals surface area contributed by atoms with Gasteiger partial charge in [0.2, 0.25) is 11.8 Å². The molecule has 152 valence electrons. The molecular formula is C22H23FN2O4. The molecule has 1 fully saturated rings. The van der Waals surface area contributed by atoms with E-state index in [1.807, 2.05) is 37.3 Å². The van der Waals surface area contributed by atoms with Gasteiger partial charge in [-0.3, -0.25) is 9.59 Å². The minimum Gasteiger partial charge on any atom is -0.479 e. The summed E-state index contributed by atoms with van der Waals surface area (Å²) in [6.07, 6.45) is 0.0256. The van der Waals surface area contributed by atoms with Crippen molar-refractivity contribution in [3.63, 3.8) is 0 Å². The Balaban J connectivity index is 1.72. The van der Waals surface area contributed by atoms with Gasteiger partial charge in [0.05, 0.1) is 12.0 Å². The Kier molecular flexibility index (Phi) is 5.96. The molecule has 0 spiro atoms. The van der Waals surface area contributed by atoms with Crippen LogP contribution in [0.3, 0.4) is 0 Å². The van der Waals surface area contributed by atoms with Crippen LogP contribution in [0.5, 0.6) is 0 Å². The van der Waals surface area contributed by atoms with Crippen molar-refractivity contribution < 1.29 is 23.9 Å². The number of nitrogens with one attached hydrogen (secondary N) is 1. The zero-order valence-corrected chi connectivity index (χ0v) is 16.3. The van der Waals surface area contributed by atoms with Crippen LogP contribution in [0.25, 0.3) is 0 Å². The highest BCUT2D eigenvalue weighted by Crippen LogP contribution is 2.29. The van der Waals surface area contributed by atoms with E-state index in [4.69, 9.17) is 0 Å². The molecule has 3 unspecified atom stereocenters. The van der Waals surface area contributed by atoms with E-state index in [2.05, 4.69) is 5.32 Å². The van der Waals surface area contributed by atoms with Gasteiger partial charge in [-0.1, -0.05) is 42.5 Å². The number of carboxylic acids is 1. The number of hydrogen-bond acceptors (Lipinski definition) is 3. The van der Waals surface area contributed by atoms with E-state index in [9.17, 15) is 23.9 Å². The predicted octanol–water partition coefficient (Wildman–Crippen LogP) is 2.99. The highest BCUT2D eigenvalue weighted by Gasteiger charge is 2.38. The summed E-state index contributed by atoms with van der Waals surface area (Å²) in [5.74, 6) is -2.99. The zero-order valence-electron chi connectivity index (χ0n) is 16.3. The number of carbonyl (C=O) groups is 3. The Labute approximate surface area is 168 Å². The van der Waals surface area contributed by atoms with Gasteiger partial charge in [-0.05, 0) is 36.6 Å². The fraction of sp³-hybridized carbons (Fsp3) is 0.318. The Morgan fingerprint density at radius 1 is 1.17 bits per heavy atom. The maximum atomic E-state index is 13.5. The smallest absolute Gasteiger partial charge is 0.330 e. The first-order chi connectivity index (χ1) is 13.8. The molecule has 3 atom stereocenters. The van der Waals surface area contributed by atoms with E-state index in [1.165, 1.54) is 25.1 Å². The maximum absolute atomic E-state index is 13.5. The van der Waals surface area contributed by atoms with Crippen LogP contribution in [0.4, 0.5) is 4.39 Å². The van der Waals surface area contributed by atoms with Gasteiger partial charge < -0.3 is 15.3 Å². The molecular weight excluding hydrogens is 375 g/mol. The van der Waals surface area contributed by atoms with E-state index in [1.54, 1.807) is 4.90 Å². The van der Waals surface area contributed by atoms with Crippen molar-refractivity contribution in [2.24, 2.45) is 5.92 Å². The Morgan fingerprint density at radius 3 is 2.48 bits per heavy atom. The third kappa shape index (κ3) is 4.45. The predicted molar refractivity (Wildman–Crippen MR) is 104 cm³/mol. The third-order valence-electron chi connectivity index (χ3n) is 5.33. The number of carboxylic acid groups (broad SMARTS) is 1. The molecule has 2 amide bonds. The molecule has 29 heavy (non-hydrogen) atoms. The van der Waals surface area contributed by atoms with Crippen LogP contribution in [0.2, 0.25) is 0 Å². The number of benzene rings is 2. The van der Waals surface area contributed by atoms with Crippen molar-refractivity contribution in [1.82, 2.24) is 10.2 Å². The van der Waals surface area contributed by atoms with Gasteiger partial charge in [0.25, 0.3) is 0 Å².